The summed E-state index contributed by atoms with van der Waals surface area (Å²) in [7, 11) is 0. The predicted octanol–water partition coefficient (Wildman–Crippen LogP) is 4.64. The largest absolute Gasteiger partial charge is 0.493 e. The summed E-state index contributed by atoms with van der Waals surface area (Å²) < 4.78 is 5.62. The van der Waals surface area contributed by atoms with Gasteiger partial charge in [-0.25, -0.2) is 4.98 Å². The molecule has 0 amide bonds. The first-order chi connectivity index (χ1) is 11.6. The Morgan fingerprint density at radius 3 is 2.75 bits per heavy atom. The third-order valence-corrected chi connectivity index (χ3v) is 3.99. The molecule has 0 saturated carbocycles. The van der Waals surface area contributed by atoms with Crippen LogP contribution in [0.1, 0.15) is 29.4 Å². The Bertz CT molecular complexity index is 922. The number of nitriles is 1. The molecule has 0 aliphatic rings. The lowest BCUT2D eigenvalue weighted by Crippen LogP contribution is -1.94. The first-order valence-electron chi connectivity index (χ1n) is 7.93. The molecule has 0 spiro atoms. The number of nitrogens with one attached hydrogen (secondary N) is 1. The highest BCUT2D eigenvalue weighted by molar-refractivity contribution is 5.91. The second kappa shape index (κ2) is 6.59. The topological polar surface area (TPSA) is 61.7 Å². The van der Waals surface area contributed by atoms with Crippen molar-refractivity contribution in [3.8, 4) is 11.8 Å². The second-order valence-electron chi connectivity index (χ2n) is 5.68. The zero-order valence-electron chi connectivity index (χ0n) is 14.1. The van der Waals surface area contributed by atoms with Gasteiger partial charge in [-0.15, -0.1) is 0 Å². The summed E-state index contributed by atoms with van der Waals surface area (Å²) in [5.74, 6) is 1.33. The van der Waals surface area contributed by atoms with E-state index in [2.05, 4.69) is 36.0 Å². The fraction of sp³-hybridized carbons (Fsp3) is 0.200. The summed E-state index contributed by atoms with van der Waals surface area (Å²) >= 11 is 0. The number of rotatable bonds is 4. The first kappa shape index (κ1) is 15.8. The van der Waals surface area contributed by atoms with Crippen LogP contribution in [0.25, 0.3) is 22.7 Å². The Labute approximate surface area is 141 Å². The molecule has 1 heterocycles. The van der Waals surface area contributed by atoms with Crippen molar-refractivity contribution in [1.82, 2.24) is 9.97 Å². The van der Waals surface area contributed by atoms with Crippen molar-refractivity contribution in [2.75, 3.05) is 6.61 Å². The van der Waals surface area contributed by atoms with E-state index in [1.54, 1.807) is 0 Å². The normalized spacial score (nSPS) is 11.5. The molecule has 24 heavy (non-hydrogen) atoms. The van der Waals surface area contributed by atoms with E-state index in [4.69, 9.17) is 4.74 Å². The number of aromatic amines is 1. The van der Waals surface area contributed by atoms with E-state index in [1.807, 2.05) is 43.3 Å². The van der Waals surface area contributed by atoms with Gasteiger partial charge in [-0.1, -0.05) is 18.2 Å². The quantitative estimate of drug-likeness (QED) is 0.713. The van der Waals surface area contributed by atoms with Crippen molar-refractivity contribution >= 4 is 22.7 Å². The molecule has 2 aromatic carbocycles. The molecule has 4 heteroatoms. The van der Waals surface area contributed by atoms with Gasteiger partial charge in [-0.2, -0.15) is 5.26 Å². The van der Waals surface area contributed by atoms with Crippen LogP contribution < -0.4 is 4.74 Å². The van der Waals surface area contributed by atoms with E-state index in [-0.39, 0.29) is 0 Å². The molecule has 0 atom stereocenters. The van der Waals surface area contributed by atoms with Gasteiger partial charge in [0.1, 0.15) is 17.6 Å². The van der Waals surface area contributed by atoms with Gasteiger partial charge in [0.25, 0.3) is 0 Å². The van der Waals surface area contributed by atoms with Gasteiger partial charge in [0, 0.05) is 5.56 Å². The minimum Gasteiger partial charge on any atom is -0.493 e. The molecule has 0 saturated heterocycles. The molecular weight excluding hydrogens is 298 g/mol. The van der Waals surface area contributed by atoms with Crippen LogP contribution >= 0.6 is 0 Å². The Morgan fingerprint density at radius 2 is 2.00 bits per heavy atom. The molecule has 0 radical (unpaired) electrons. The molecular formula is C20H19N3O. The van der Waals surface area contributed by atoms with E-state index in [1.165, 1.54) is 11.1 Å². The number of hydrogen-bond acceptors (Lipinski definition) is 3. The molecule has 3 rings (SSSR count). The maximum absolute atomic E-state index is 9.58. The van der Waals surface area contributed by atoms with Crippen molar-refractivity contribution < 1.29 is 4.74 Å². The fourth-order valence-corrected chi connectivity index (χ4v) is 2.59. The van der Waals surface area contributed by atoms with Gasteiger partial charge in [0.2, 0.25) is 0 Å². The summed E-state index contributed by atoms with van der Waals surface area (Å²) in [6, 6.07) is 14.0. The fourth-order valence-electron chi connectivity index (χ4n) is 2.59. The minimum atomic E-state index is 0.480. The van der Waals surface area contributed by atoms with Crippen LogP contribution in [-0.2, 0) is 0 Å². The van der Waals surface area contributed by atoms with Gasteiger partial charge in [0.15, 0.2) is 0 Å². The molecule has 0 fully saturated rings. The summed E-state index contributed by atoms with van der Waals surface area (Å²) in [6.07, 6.45) is 1.81. The lowest BCUT2D eigenvalue weighted by molar-refractivity contribution is 0.339. The van der Waals surface area contributed by atoms with Crippen LogP contribution in [0.5, 0.6) is 5.75 Å². The SMILES string of the molecule is CCOc1ccccc1/C=C(\C#N)c1nc2cc(C)c(C)cc2[nH]1. The maximum Gasteiger partial charge on any atom is 0.149 e. The summed E-state index contributed by atoms with van der Waals surface area (Å²) in [6.45, 7) is 6.64. The Kier molecular flexibility index (Phi) is 4.35. The lowest BCUT2D eigenvalue weighted by atomic mass is 10.1. The van der Waals surface area contributed by atoms with Gasteiger partial charge >= 0.3 is 0 Å². The van der Waals surface area contributed by atoms with Crippen LogP contribution in [-0.4, -0.2) is 16.6 Å². The standard InChI is InChI=1S/C20H19N3O/c1-4-24-19-8-6-5-7-15(19)11-16(12-21)20-22-17-9-13(2)14(3)10-18(17)23-20/h5-11H,4H2,1-3H3,(H,22,23)/b16-11+. The minimum absolute atomic E-state index is 0.480. The number of allylic oxidation sites excluding steroid dienone is 1. The van der Waals surface area contributed by atoms with E-state index < -0.39 is 0 Å². The zero-order chi connectivity index (χ0) is 17.1. The van der Waals surface area contributed by atoms with E-state index in [0.29, 0.717) is 18.0 Å². The smallest absolute Gasteiger partial charge is 0.149 e. The van der Waals surface area contributed by atoms with Crippen LogP contribution in [0.2, 0.25) is 0 Å². The number of ether oxygens (including phenoxy) is 1. The molecule has 0 aliphatic carbocycles. The van der Waals surface area contributed by atoms with Crippen LogP contribution in [0.3, 0.4) is 0 Å². The molecule has 3 aromatic rings. The number of aryl methyl sites for hydroxylation is 2. The molecule has 4 nitrogen and oxygen atoms in total. The van der Waals surface area contributed by atoms with Gasteiger partial charge < -0.3 is 9.72 Å². The Hall–Kier alpha value is -3.06. The summed E-state index contributed by atoms with van der Waals surface area (Å²) in [5.41, 5.74) is 5.53. The Morgan fingerprint density at radius 1 is 1.25 bits per heavy atom. The number of benzene rings is 2. The van der Waals surface area contributed by atoms with Crippen molar-refractivity contribution in [1.29, 1.82) is 5.26 Å². The second-order valence-corrected chi connectivity index (χ2v) is 5.68. The van der Waals surface area contributed by atoms with Crippen molar-refractivity contribution in [2.45, 2.75) is 20.8 Å². The maximum atomic E-state index is 9.58. The average Bonchev–Trinajstić information content (AvgIpc) is 2.97. The third-order valence-electron chi connectivity index (χ3n) is 3.99. The molecule has 120 valence electrons. The molecule has 1 N–H and O–H groups in total. The summed E-state index contributed by atoms with van der Waals surface area (Å²) in [5, 5.41) is 9.58. The van der Waals surface area contributed by atoms with Crippen molar-refractivity contribution in [2.24, 2.45) is 0 Å². The van der Waals surface area contributed by atoms with Crippen LogP contribution in [0.4, 0.5) is 0 Å². The molecule has 0 bridgehead atoms. The highest BCUT2D eigenvalue weighted by atomic mass is 16.5. The number of hydrogen-bond donors (Lipinski definition) is 1. The highest BCUT2D eigenvalue weighted by Gasteiger charge is 2.10. The average molecular weight is 317 g/mol. The number of fused-ring (bicyclic) bond motifs is 1. The van der Waals surface area contributed by atoms with Gasteiger partial charge in [-0.3, -0.25) is 0 Å². The first-order valence-corrected chi connectivity index (χ1v) is 7.93. The number of H-pyrrole nitrogens is 1. The van der Waals surface area contributed by atoms with Crippen molar-refractivity contribution in [3.63, 3.8) is 0 Å². The van der Waals surface area contributed by atoms with E-state index >= 15 is 0 Å². The number of imidazole rings is 1. The van der Waals surface area contributed by atoms with Crippen LogP contribution in [0.15, 0.2) is 36.4 Å². The Balaban J connectivity index is 2.08. The van der Waals surface area contributed by atoms with E-state index in [0.717, 1.165) is 22.3 Å². The lowest BCUT2D eigenvalue weighted by Gasteiger charge is -2.06. The zero-order valence-corrected chi connectivity index (χ0v) is 14.1. The van der Waals surface area contributed by atoms with Crippen molar-refractivity contribution in [3.05, 3.63) is 58.9 Å². The highest BCUT2D eigenvalue weighted by Crippen LogP contribution is 2.25. The number of aromatic nitrogens is 2. The van der Waals surface area contributed by atoms with Crippen LogP contribution in [0, 0.1) is 25.2 Å². The molecule has 0 unspecified atom stereocenters. The number of para-hydroxylation sites is 1. The van der Waals surface area contributed by atoms with E-state index in [9.17, 15) is 5.26 Å². The molecule has 0 aliphatic heterocycles. The van der Waals surface area contributed by atoms with Gasteiger partial charge in [-0.05, 0) is 56.2 Å². The monoisotopic (exact) mass is 317 g/mol. The van der Waals surface area contributed by atoms with Gasteiger partial charge in [0.05, 0.1) is 23.2 Å². The third kappa shape index (κ3) is 3.02. The summed E-state index contributed by atoms with van der Waals surface area (Å²) in [4.78, 5) is 7.81. The predicted molar refractivity (Wildman–Crippen MR) is 96.7 cm³/mol. The molecule has 1 aromatic heterocycles. The number of nitrogens with zero attached hydrogens (tertiary/aromatic N) is 2.